The van der Waals surface area contributed by atoms with Crippen molar-refractivity contribution in [2.75, 3.05) is 26.3 Å². The van der Waals surface area contributed by atoms with Crippen molar-refractivity contribution >= 4 is 0 Å². The molecule has 0 saturated heterocycles. The van der Waals surface area contributed by atoms with Gasteiger partial charge in [-0.1, -0.05) is 36.4 Å². The van der Waals surface area contributed by atoms with Gasteiger partial charge < -0.3 is 30.1 Å². The average Bonchev–Trinajstić information content (AvgIpc) is 2.83. The zero-order valence-electron chi connectivity index (χ0n) is 18.0. The normalized spacial score (nSPS) is 11.9. The van der Waals surface area contributed by atoms with Crippen LogP contribution < -0.4 is 10.1 Å². The van der Waals surface area contributed by atoms with Gasteiger partial charge in [0.25, 0.3) is 0 Å². The second-order valence-corrected chi connectivity index (χ2v) is 7.47. The van der Waals surface area contributed by atoms with Crippen LogP contribution in [0.15, 0.2) is 66.7 Å². The quantitative estimate of drug-likeness (QED) is 0.308. The first kappa shape index (κ1) is 23.8. The molecule has 0 aliphatic rings. The molecule has 0 unspecified atom stereocenters. The van der Waals surface area contributed by atoms with Gasteiger partial charge in [-0.3, -0.25) is 0 Å². The SMILES string of the molecule is OCc1cc([C@H](O)CNCCc2ccc(OCCOCc3c[c]ccc3)cc2)ccc1O. The molecule has 0 saturated carbocycles. The van der Waals surface area contributed by atoms with E-state index in [1.807, 2.05) is 48.5 Å². The fourth-order valence-corrected chi connectivity index (χ4v) is 3.21. The first-order chi connectivity index (χ1) is 15.7. The Balaban J connectivity index is 1.30. The van der Waals surface area contributed by atoms with Gasteiger partial charge >= 0.3 is 0 Å². The van der Waals surface area contributed by atoms with Gasteiger partial charge in [0.1, 0.15) is 18.1 Å². The van der Waals surface area contributed by atoms with E-state index in [1.165, 1.54) is 11.6 Å². The van der Waals surface area contributed by atoms with E-state index in [1.54, 1.807) is 12.1 Å². The number of ether oxygens (including phenoxy) is 2. The summed E-state index contributed by atoms with van der Waals surface area (Å²) in [5, 5.41) is 32.4. The number of phenols is 1. The highest BCUT2D eigenvalue weighted by Crippen LogP contribution is 2.22. The summed E-state index contributed by atoms with van der Waals surface area (Å²) in [6, 6.07) is 23.5. The van der Waals surface area contributed by atoms with Crippen molar-refractivity contribution in [2.24, 2.45) is 0 Å². The molecule has 3 aromatic carbocycles. The lowest BCUT2D eigenvalue weighted by atomic mass is 10.1. The average molecular weight is 437 g/mol. The largest absolute Gasteiger partial charge is 0.508 e. The molecule has 3 aromatic rings. The van der Waals surface area contributed by atoms with Gasteiger partial charge in [0, 0.05) is 12.1 Å². The van der Waals surface area contributed by atoms with Crippen LogP contribution in [0.5, 0.6) is 11.5 Å². The fourth-order valence-electron chi connectivity index (χ4n) is 3.21. The molecule has 4 N–H and O–H groups in total. The molecular formula is C26H30NO5. The van der Waals surface area contributed by atoms with Crippen molar-refractivity contribution in [1.29, 1.82) is 0 Å². The van der Waals surface area contributed by atoms with Gasteiger partial charge in [-0.25, -0.2) is 0 Å². The molecule has 1 radical (unpaired) electrons. The van der Waals surface area contributed by atoms with Crippen LogP contribution in [-0.4, -0.2) is 41.6 Å². The highest BCUT2D eigenvalue weighted by Gasteiger charge is 2.10. The Hall–Kier alpha value is -2.90. The van der Waals surface area contributed by atoms with Crippen molar-refractivity contribution in [2.45, 2.75) is 25.7 Å². The summed E-state index contributed by atoms with van der Waals surface area (Å²) >= 11 is 0. The van der Waals surface area contributed by atoms with Gasteiger partial charge in [-0.2, -0.15) is 0 Å². The molecule has 0 aliphatic heterocycles. The fraction of sp³-hybridized carbons (Fsp3) is 0.308. The summed E-state index contributed by atoms with van der Waals surface area (Å²) in [4.78, 5) is 0. The highest BCUT2D eigenvalue weighted by molar-refractivity contribution is 5.36. The van der Waals surface area contributed by atoms with Gasteiger partial charge in [-0.15, -0.1) is 0 Å². The number of hydrogen-bond donors (Lipinski definition) is 4. The summed E-state index contributed by atoms with van der Waals surface area (Å²) in [5.41, 5.74) is 3.33. The molecule has 0 bridgehead atoms. The molecular weight excluding hydrogens is 406 g/mol. The Labute approximate surface area is 189 Å². The Kier molecular flexibility index (Phi) is 9.53. The van der Waals surface area contributed by atoms with Gasteiger partial charge in [0.05, 0.1) is 25.9 Å². The number of nitrogens with one attached hydrogen (secondary N) is 1. The molecule has 6 heteroatoms. The van der Waals surface area contributed by atoms with Crippen LogP contribution in [0.3, 0.4) is 0 Å². The maximum atomic E-state index is 10.3. The molecule has 0 fully saturated rings. The van der Waals surface area contributed by atoms with Crippen molar-refractivity contribution in [3.63, 3.8) is 0 Å². The molecule has 6 nitrogen and oxygen atoms in total. The molecule has 0 heterocycles. The minimum Gasteiger partial charge on any atom is -0.508 e. The van der Waals surface area contributed by atoms with Crippen LogP contribution in [0.25, 0.3) is 0 Å². The van der Waals surface area contributed by atoms with Gasteiger partial charge in [0.2, 0.25) is 0 Å². The van der Waals surface area contributed by atoms with Crippen LogP contribution in [0.1, 0.15) is 28.4 Å². The van der Waals surface area contributed by atoms with E-state index in [4.69, 9.17) is 9.47 Å². The number of hydrogen-bond acceptors (Lipinski definition) is 6. The Morgan fingerprint density at radius 1 is 1.00 bits per heavy atom. The molecule has 3 rings (SSSR count). The molecule has 1 atom stereocenters. The Morgan fingerprint density at radius 3 is 2.59 bits per heavy atom. The monoisotopic (exact) mass is 436 g/mol. The van der Waals surface area contributed by atoms with Crippen molar-refractivity contribution in [3.8, 4) is 11.5 Å². The van der Waals surface area contributed by atoms with E-state index in [2.05, 4.69) is 11.4 Å². The molecule has 32 heavy (non-hydrogen) atoms. The Morgan fingerprint density at radius 2 is 1.84 bits per heavy atom. The van der Waals surface area contributed by atoms with Crippen LogP contribution in [-0.2, 0) is 24.4 Å². The molecule has 0 spiro atoms. The third kappa shape index (κ3) is 7.66. The van der Waals surface area contributed by atoms with Crippen molar-refractivity contribution < 1.29 is 24.8 Å². The van der Waals surface area contributed by atoms with Crippen LogP contribution in [0, 0.1) is 6.07 Å². The van der Waals surface area contributed by atoms with E-state index in [0.29, 0.717) is 44.0 Å². The number of rotatable bonds is 13. The topological polar surface area (TPSA) is 91.2 Å². The second-order valence-electron chi connectivity index (χ2n) is 7.47. The molecule has 0 aromatic heterocycles. The third-order valence-corrected chi connectivity index (χ3v) is 5.05. The van der Waals surface area contributed by atoms with E-state index < -0.39 is 6.10 Å². The molecule has 0 aliphatic carbocycles. The van der Waals surface area contributed by atoms with Crippen LogP contribution >= 0.6 is 0 Å². The second kappa shape index (κ2) is 12.8. The number of aliphatic hydroxyl groups excluding tert-OH is 2. The standard InChI is InChI=1S/C26H30NO5/c28-18-23-16-22(8-11-25(23)29)26(30)17-27-13-12-20-6-9-24(10-7-20)32-15-14-31-19-21-4-2-1-3-5-21/h1-2,4-11,16,26-30H,12-15,17-19H2/t26-/m1/s1. The number of benzene rings is 3. The highest BCUT2D eigenvalue weighted by atomic mass is 16.5. The van der Waals surface area contributed by atoms with Crippen LogP contribution in [0.2, 0.25) is 0 Å². The smallest absolute Gasteiger partial charge is 0.121 e. The summed E-state index contributed by atoms with van der Waals surface area (Å²) in [5.74, 6) is 0.836. The van der Waals surface area contributed by atoms with Gasteiger partial charge in [-0.05, 0) is 66.1 Å². The zero-order valence-corrected chi connectivity index (χ0v) is 18.0. The van der Waals surface area contributed by atoms with E-state index >= 15 is 0 Å². The maximum absolute atomic E-state index is 10.3. The summed E-state index contributed by atoms with van der Waals surface area (Å²) in [6.07, 6.45) is 0.112. The molecule has 169 valence electrons. The number of aliphatic hydroxyl groups is 2. The first-order valence-electron chi connectivity index (χ1n) is 10.7. The van der Waals surface area contributed by atoms with Crippen molar-refractivity contribution in [3.05, 3.63) is 95.1 Å². The minimum absolute atomic E-state index is 0.0299. The maximum Gasteiger partial charge on any atom is 0.121 e. The lowest BCUT2D eigenvalue weighted by Gasteiger charge is -2.14. The zero-order chi connectivity index (χ0) is 22.6. The summed E-state index contributed by atoms with van der Waals surface area (Å²) < 4.78 is 11.3. The first-order valence-corrected chi connectivity index (χ1v) is 10.7. The molecule has 0 amide bonds. The Bertz CT molecular complexity index is 931. The van der Waals surface area contributed by atoms with Crippen molar-refractivity contribution in [1.82, 2.24) is 5.32 Å². The lowest BCUT2D eigenvalue weighted by molar-refractivity contribution is 0.0889. The van der Waals surface area contributed by atoms with Gasteiger partial charge in [0.15, 0.2) is 0 Å². The predicted molar refractivity (Wildman–Crippen MR) is 122 cm³/mol. The lowest BCUT2D eigenvalue weighted by Crippen LogP contribution is -2.23. The van der Waals surface area contributed by atoms with E-state index in [-0.39, 0.29) is 12.4 Å². The minimum atomic E-state index is -0.709. The summed E-state index contributed by atoms with van der Waals surface area (Å²) in [7, 11) is 0. The number of aromatic hydroxyl groups is 1. The van der Waals surface area contributed by atoms with Crippen LogP contribution in [0.4, 0.5) is 0 Å². The summed E-state index contributed by atoms with van der Waals surface area (Å²) in [6.45, 7) is 2.40. The van der Waals surface area contributed by atoms with E-state index in [0.717, 1.165) is 17.7 Å². The predicted octanol–water partition coefficient (Wildman–Crippen LogP) is 3.15. The third-order valence-electron chi connectivity index (χ3n) is 5.05. The van der Waals surface area contributed by atoms with E-state index in [9.17, 15) is 15.3 Å².